The van der Waals surface area contributed by atoms with Gasteiger partial charge in [-0.15, -0.1) is 38.0 Å². The van der Waals surface area contributed by atoms with Gasteiger partial charge >= 0.3 is 6.36 Å². The molecule has 3 rings (SSSR count). The lowest BCUT2D eigenvalue weighted by molar-refractivity contribution is -0.275. The van der Waals surface area contributed by atoms with Gasteiger partial charge in [-0.3, -0.25) is 4.90 Å². The Labute approximate surface area is 157 Å². The van der Waals surface area contributed by atoms with Gasteiger partial charge < -0.3 is 15.2 Å². The fraction of sp³-hybridized carbons (Fsp3) is 0.625. The van der Waals surface area contributed by atoms with E-state index in [4.69, 9.17) is 0 Å². The minimum Gasteiger partial charge on any atom is -0.504 e. The van der Waals surface area contributed by atoms with Crippen LogP contribution in [0.25, 0.3) is 0 Å². The molecule has 2 aliphatic rings. The average Bonchev–Trinajstić information content (AvgIpc) is 2.45. The first-order valence-electron chi connectivity index (χ1n) is 7.98. The van der Waals surface area contributed by atoms with Crippen LogP contribution in [-0.4, -0.2) is 42.5 Å². The zero-order chi connectivity index (χ0) is 16.4. The van der Waals surface area contributed by atoms with Crippen molar-refractivity contribution < 1.29 is 23.0 Å². The Hall–Kier alpha value is -0.890. The average molecular weight is 403 g/mol. The highest BCUT2D eigenvalue weighted by Crippen LogP contribution is 2.46. The van der Waals surface area contributed by atoms with Crippen LogP contribution in [0.5, 0.6) is 11.5 Å². The summed E-state index contributed by atoms with van der Waals surface area (Å²) in [6.45, 7) is 3.35. The second kappa shape index (κ2) is 9.16. The predicted octanol–water partition coefficient (Wildman–Crippen LogP) is 3.88. The molecule has 1 heterocycles. The van der Waals surface area contributed by atoms with Crippen molar-refractivity contribution in [2.24, 2.45) is 5.92 Å². The van der Waals surface area contributed by atoms with Gasteiger partial charge in [-0.05, 0) is 24.8 Å². The van der Waals surface area contributed by atoms with Crippen molar-refractivity contribution in [3.05, 3.63) is 23.8 Å². The lowest BCUT2D eigenvalue weighted by Crippen LogP contribution is -2.47. The van der Waals surface area contributed by atoms with Crippen LogP contribution in [0.1, 0.15) is 30.9 Å². The Morgan fingerprint density at radius 2 is 1.80 bits per heavy atom. The molecule has 1 saturated carbocycles. The third kappa shape index (κ3) is 5.29. The SMILES string of the molecule is Cl.Cl.Oc1c(OC(F)(F)F)cccc1[C@H](C1CCC1)N1CCNCC1. The summed E-state index contributed by atoms with van der Waals surface area (Å²) >= 11 is 0. The largest absolute Gasteiger partial charge is 0.573 e. The van der Waals surface area contributed by atoms with Gasteiger partial charge in [0.2, 0.25) is 0 Å². The second-order valence-corrected chi connectivity index (χ2v) is 6.16. The van der Waals surface area contributed by atoms with Crippen molar-refractivity contribution in [3.8, 4) is 11.5 Å². The lowest BCUT2D eigenvalue weighted by atomic mass is 9.76. The number of alkyl halides is 3. The molecule has 1 aliphatic carbocycles. The topological polar surface area (TPSA) is 44.7 Å². The monoisotopic (exact) mass is 402 g/mol. The smallest absolute Gasteiger partial charge is 0.504 e. The number of para-hydroxylation sites is 1. The van der Waals surface area contributed by atoms with E-state index in [0.29, 0.717) is 11.5 Å². The molecule has 1 aromatic carbocycles. The van der Waals surface area contributed by atoms with Crippen molar-refractivity contribution in [2.45, 2.75) is 31.7 Å². The number of phenols is 1. The van der Waals surface area contributed by atoms with Crippen LogP contribution in [0.2, 0.25) is 0 Å². The number of rotatable bonds is 4. The number of phenolic OH excluding ortho intramolecular Hbond substituents is 1. The molecule has 0 radical (unpaired) electrons. The molecule has 0 bridgehead atoms. The van der Waals surface area contributed by atoms with Crippen LogP contribution < -0.4 is 10.1 Å². The number of hydrogen-bond acceptors (Lipinski definition) is 4. The van der Waals surface area contributed by atoms with E-state index in [9.17, 15) is 18.3 Å². The van der Waals surface area contributed by atoms with E-state index in [1.54, 1.807) is 6.07 Å². The van der Waals surface area contributed by atoms with E-state index in [1.807, 2.05) is 0 Å². The molecule has 2 N–H and O–H groups in total. The first-order chi connectivity index (χ1) is 11.0. The van der Waals surface area contributed by atoms with Crippen molar-refractivity contribution in [3.63, 3.8) is 0 Å². The van der Waals surface area contributed by atoms with Crippen molar-refractivity contribution >= 4 is 24.8 Å². The number of piperazine rings is 1. The zero-order valence-corrected chi connectivity index (χ0v) is 15.2. The van der Waals surface area contributed by atoms with Crippen LogP contribution in [0, 0.1) is 5.92 Å². The maximum Gasteiger partial charge on any atom is 0.573 e. The number of aromatic hydroxyl groups is 1. The van der Waals surface area contributed by atoms with E-state index >= 15 is 0 Å². The molecular weight excluding hydrogens is 380 g/mol. The fourth-order valence-electron chi connectivity index (χ4n) is 3.45. The molecule has 1 aromatic rings. The quantitative estimate of drug-likeness (QED) is 0.801. The van der Waals surface area contributed by atoms with Gasteiger partial charge in [0.25, 0.3) is 0 Å². The molecule has 1 aliphatic heterocycles. The third-order valence-electron chi connectivity index (χ3n) is 4.72. The number of hydrogen-bond donors (Lipinski definition) is 2. The lowest BCUT2D eigenvalue weighted by Gasteiger charge is -2.43. The van der Waals surface area contributed by atoms with E-state index in [0.717, 1.165) is 51.5 Å². The minimum atomic E-state index is -4.81. The highest BCUT2D eigenvalue weighted by molar-refractivity contribution is 5.85. The van der Waals surface area contributed by atoms with Crippen molar-refractivity contribution in [1.29, 1.82) is 0 Å². The van der Waals surface area contributed by atoms with Gasteiger partial charge in [0, 0.05) is 37.8 Å². The zero-order valence-electron chi connectivity index (χ0n) is 13.6. The molecule has 4 nitrogen and oxygen atoms in total. The summed E-state index contributed by atoms with van der Waals surface area (Å²) in [5.41, 5.74) is 0.540. The Morgan fingerprint density at radius 3 is 2.32 bits per heavy atom. The number of ether oxygens (including phenoxy) is 1. The van der Waals surface area contributed by atoms with Crippen LogP contribution >= 0.6 is 24.8 Å². The number of nitrogens with one attached hydrogen (secondary N) is 1. The summed E-state index contributed by atoms with van der Waals surface area (Å²) in [4.78, 5) is 2.26. The second-order valence-electron chi connectivity index (χ2n) is 6.16. The van der Waals surface area contributed by atoms with Crippen LogP contribution in [0.3, 0.4) is 0 Å². The number of benzene rings is 1. The van der Waals surface area contributed by atoms with E-state index in [2.05, 4.69) is 15.0 Å². The van der Waals surface area contributed by atoms with E-state index in [1.165, 1.54) is 6.07 Å². The molecule has 144 valence electrons. The van der Waals surface area contributed by atoms with Crippen molar-refractivity contribution in [2.75, 3.05) is 26.2 Å². The molecule has 9 heteroatoms. The molecule has 0 spiro atoms. The summed E-state index contributed by atoms with van der Waals surface area (Å²) in [6.07, 6.45) is -1.60. The van der Waals surface area contributed by atoms with Gasteiger partial charge in [0.1, 0.15) is 0 Å². The highest BCUT2D eigenvalue weighted by atomic mass is 35.5. The van der Waals surface area contributed by atoms with Crippen molar-refractivity contribution in [1.82, 2.24) is 10.2 Å². The molecule has 0 aromatic heterocycles. The number of nitrogens with zero attached hydrogens (tertiary/aromatic N) is 1. The molecule has 25 heavy (non-hydrogen) atoms. The number of halogens is 5. The maximum absolute atomic E-state index is 12.5. The summed E-state index contributed by atoms with van der Waals surface area (Å²) in [7, 11) is 0. The molecule has 2 fully saturated rings. The van der Waals surface area contributed by atoms with Gasteiger partial charge in [0.05, 0.1) is 0 Å². The van der Waals surface area contributed by atoms with Crippen LogP contribution in [-0.2, 0) is 0 Å². The molecular formula is C16H23Cl2F3N2O2. The maximum atomic E-state index is 12.5. The van der Waals surface area contributed by atoms with E-state index < -0.39 is 12.1 Å². The first kappa shape index (κ1) is 22.2. The molecule has 0 amide bonds. The highest BCUT2D eigenvalue weighted by Gasteiger charge is 2.37. The van der Waals surface area contributed by atoms with Gasteiger partial charge in [0.15, 0.2) is 11.5 Å². The molecule has 1 atom stereocenters. The van der Waals surface area contributed by atoms with Crippen LogP contribution in [0.4, 0.5) is 13.2 Å². The predicted molar refractivity (Wildman–Crippen MR) is 93.8 cm³/mol. The fourth-order valence-corrected chi connectivity index (χ4v) is 3.45. The molecule has 0 unspecified atom stereocenters. The van der Waals surface area contributed by atoms with Gasteiger partial charge in [-0.1, -0.05) is 18.6 Å². The van der Waals surface area contributed by atoms with Crippen LogP contribution in [0.15, 0.2) is 18.2 Å². The normalized spacial score (nSPS) is 20.0. The summed E-state index contributed by atoms with van der Waals surface area (Å²) < 4.78 is 41.4. The third-order valence-corrected chi connectivity index (χ3v) is 4.72. The Balaban J connectivity index is 0.00000156. The summed E-state index contributed by atoms with van der Waals surface area (Å²) in [5.74, 6) is -0.533. The minimum absolute atomic E-state index is 0. The van der Waals surface area contributed by atoms with E-state index in [-0.39, 0.29) is 36.6 Å². The Morgan fingerprint density at radius 1 is 1.16 bits per heavy atom. The standard InChI is InChI=1S/C16H21F3N2O2.2ClH/c17-16(18,19)23-13-6-2-5-12(15(13)22)14(11-3-1-4-11)21-9-7-20-8-10-21;;/h2,5-6,11,14,20,22H,1,3-4,7-10H2;2*1H/t14-;;/m0../s1. The summed E-state index contributed by atoms with van der Waals surface area (Å²) in [5, 5.41) is 13.6. The molecule has 1 saturated heterocycles. The van der Waals surface area contributed by atoms with Gasteiger partial charge in [-0.25, -0.2) is 0 Å². The Bertz CT molecular complexity index is 551. The first-order valence-corrected chi connectivity index (χ1v) is 7.98. The Kier molecular flexibility index (Phi) is 8.12. The summed E-state index contributed by atoms with van der Waals surface area (Å²) in [6, 6.07) is 4.33. The van der Waals surface area contributed by atoms with Gasteiger partial charge in [-0.2, -0.15) is 0 Å².